The Balaban J connectivity index is 2.24. The Kier molecular flexibility index (Phi) is 20.0. The summed E-state index contributed by atoms with van der Waals surface area (Å²) in [5.41, 5.74) is 16.6. The van der Waals surface area contributed by atoms with Gasteiger partial charge in [-0.3, -0.25) is 38.6 Å². The maximum atomic E-state index is 13.7. The number of aromatic hydroxyl groups is 1. The molecule has 23 heteroatoms. The lowest BCUT2D eigenvalue weighted by Gasteiger charge is -2.26. The molecule has 6 amide bonds. The number of carboxylic acid groups (broad SMARTS) is 1. The van der Waals surface area contributed by atoms with Crippen molar-refractivity contribution in [2.24, 2.45) is 22.2 Å². The number of nitrogens with zero attached hydrogens (tertiary/aromatic N) is 1. The van der Waals surface area contributed by atoms with Gasteiger partial charge in [0.1, 0.15) is 42.1 Å². The van der Waals surface area contributed by atoms with E-state index in [1.807, 2.05) is 0 Å². The van der Waals surface area contributed by atoms with Crippen molar-refractivity contribution in [3.63, 3.8) is 0 Å². The van der Waals surface area contributed by atoms with E-state index in [2.05, 4.69) is 49.5 Å². The van der Waals surface area contributed by atoms with E-state index < -0.39 is 103 Å². The highest BCUT2D eigenvalue weighted by molar-refractivity contribution is 7.81. The summed E-state index contributed by atoms with van der Waals surface area (Å²) in [5, 5.41) is 43.0. The lowest BCUT2D eigenvalue weighted by atomic mass is 10.0. The van der Waals surface area contributed by atoms with E-state index in [0.29, 0.717) is 24.8 Å². The van der Waals surface area contributed by atoms with Crippen molar-refractivity contribution in [1.82, 2.24) is 31.9 Å². The number of esters is 1. The van der Waals surface area contributed by atoms with Gasteiger partial charge in [0.2, 0.25) is 35.4 Å². The zero-order valence-electron chi connectivity index (χ0n) is 31.3. The van der Waals surface area contributed by atoms with Crippen LogP contribution in [0, 0.1) is 0 Å². The third-order valence-corrected chi connectivity index (χ3v) is 8.86. The number of hydrogen-bond acceptors (Lipinski definition) is 14. The van der Waals surface area contributed by atoms with Crippen molar-refractivity contribution in [2.75, 3.05) is 25.4 Å². The quantitative estimate of drug-likeness (QED) is 0.0162. The lowest BCUT2D eigenvalue weighted by molar-refractivity contribution is -0.152. The molecule has 15 N–H and O–H groups in total. The number of benzene rings is 1. The van der Waals surface area contributed by atoms with E-state index in [1.54, 1.807) is 0 Å². The summed E-state index contributed by atoms with van der Waals surface area (Å²) in [6.45, 7) is -0.195. The van der Waals surface area contributed by atoms with Crippen molar-refractivity contribution in [3.8, 4) is 5.75 Å². The maximum absolute atomic E-state index is 13.7. The monoisotopic (exact) mass is 824 g/mol. The molecular formula is C34H52N10O12S. The van der Waals surface area contributed by atoms with Gasteiger partial charge in [-0.1, -0.05) is 12.1 Å². The molecule has 0 saturated heterocycles. The minimum Gasteiger partial charge on any atom is -0.508 e. The van der Waals surface area contributed by atoms with Gasteiger partial charge in [0.25, 0.3) is 0 Å². The summed E-state index contributed by atoms with van der Waals surface area (Å²) in [6, 6.07) is -2.36. The highest BCUT2D eigenvalue weighted by Crippen LogP contribution is 2.23. The number of amides is 6. The number of phenols is 1. The largest absolute Gasteiger partial charge is 0.508 e. The summed E-state index contributed by atoms with van der Waals surface area (Å²) < 4.78 is 5.52. The second-order valence-electron chi connectivity index (χ2n) is 13.1. The zero-order chi connectivity index (χ0) is 42.7. The van der Waals surface area contributed by atoms with Crippen LogP contribution in [0.1, 0.15) is 51.0 Å². The van der Waals surface area contributed by atoms with Gasteiger partial charge in [-0.05, 0) is 56.7 Å². The summed E-state index contributed by atoms with van der Waals surface area (Å²) in [6.07, 6.45) is 0.129. The number of aliphatic hydroxyl groups excluding tert-OH is 1. The highest BCUT2D eigenvalue weighted by atomic mass is 32.1. The molecule has 0 bridgehead atoms. The van der Waals surface area contributed by atoms with Gasteiger partial charge in [-0.25, -0.2) is 4.79 Å². The molecule has 0 radical (unpaired) electrons. The average molecular weight is 825 g/mol. The minimum absolute atomic E-state index is 0.0320. The number of phenolic OH excluding ortho intramolecular Hbond substituents is 1. The van der Waals surface area contributed by atoms with E-state index in [4.69, 9.17) is 21.9 Å². The molecule has 0 spiro atoms. The van der Waals surface area contributed by atoms with Crippen LogP contribution in [0.2, 0.25) is 0 Å². The van der Waals surface area contributed by atoms with Crippen LogP contribution < -0.4 is 49.1 Å². The van der Waals surface area contributed by atoms with Crippen LogP contribution in [0.3, 0.4) is 0 Å². The molecule has 1 aliphatic carbocycles. The van der Waals surface area contributed by atoms with Gasteiger partial charge in [-0.15, -0.1) is 0 Å². The van der Waals surface area contributed by atoms with Gasteiger partial charge >= 0.3 is 11.9 Å². The van der Waals surface area contributed by atoms with Crippen LogP contribution in [0.25, 0.3) is 0 Å². The van der Waals surface area contributed by atoms with Gasteiger partial charge in [-0.2, -0.15) is 12.6 Å². The van der Waals surface area contributed by atoms with Crippen molar-refractivity contribution in [2.45, 2.75) is 94.2 Å². The Labute approximate surface area is 333 Å². The first-order valence-corrected chi connectivity index (χ1v) is 18.6. The Bertz CT molecular complexity index is 1610. The fourth-order valence-corrected chi connectivity index (χ4v) is 5.68. The number of guanidine groups is 1. The van der Waals surface area contributed by atoms with E-state index in [9.17, 15) is 53.7 Å². The van der Waals surface area contributed by atoms with Crippen LogP contribution in [-0.2, 0) is 49.5 Å². The van der Waals surface area contributed by atoms with E-state index in [-0.39, 0.29) is 49.2 Å². The Hall–Kier alpha value is -5.68. The highest BCUT2D eigenvalue weighted by Gasteiger charge is 2.35. The Morgan fingerprint density at radius 2 is 1.47 bits per heavy atom. The van der Waals surface area contributed by atoms with Gasteiger partial charge in [0.05, 0.1) is 31.4 Å². The van der Waals surface area contributed by atoms with Gasteiger partial charge < -0.3 is 69.2 Å². The molecule has 22 nitrogen and oxygen atoms in total. The predicted molar refractivity (Wildman–Crippen MR) is 205 cm³/mol. The van der Waals surface area contributed by atoms with Crippen LogP contribution >= 0.6 is 12.6 Å². The summed E-state index contributed by atoms with van der Waals surface area (Å²) in [4.78, 5) is 106. The molecule has 1 aromatic rings. The molecule has 1 aromatic carbocycles. The third-order valence-electron chi connectivity index (χ3n) is 8.57. The smallest absolute Gasteiger partial charge is 0.328 e. The molecule has 0 aromatic heterocycles. The fourth-order valence-electron chi connectivity index (χ4n) is 5.59. The van der Waals surface area contributed by atoms with Crippen molar-refractivity contribution in [1.29, 1.82) is 0 Å². The van der Waals surface area contributed by atoms with Gasteiger partial charge in [0, 0.05) is 13.0 Å². The SMILES string of the molecule is C[C@H](NC(=O)[C@H](CC(=O)O[C@@H]1CCC[C@H]1NC(=O)CS)NC(=O)CN)C(=O)N[C@@H](CCCN=C(N)N)C(=O)N[C@@H](Cc1ccc(O)cc1)C(=O)N[C@@H](CO)C(=O)O. The Morgan fingerprint density at radius 3 is 2.07 bits per heavy atom. The normalized spacial score (nSPS) is 17.3. The lowest BCUT2D eigenvalue weighted by Crippen LogP contribution is -2.59. The summed E-state index contributed by atoms with van der Waals surface area (Å²) in [5.74, 6) is -7.73. The zero-order valence-corrected chi connectivity index (χ0v) is 32.2. The number of nitrogens with one attached hydrogen (secondary N) is 6. The number of hydrogen-bond donors (Lipinski definition) is 13. The standard InChI is InChI=1S/C34H52N10O12S/c1-17(39-31(52)23(41-26(47)14-35)13-28(49)56-25-6-2-4-20(25)40-27(48)16-57)29(50)42-21(5-3-11-38-34(36)37)30(51)43-22(12-18-7-9-19(46)10-8-18)32(53)44-24(15-45)33(54)55/h7-10,17,20-25,45-46,57H,2-6,11-16,35H2,1H3,(H,39,52)(H,40,48)(H,41,47)(H,42,50)(H,43,51)(H,44,53)(H,54,55)(H4,36,37,38)/t17-,20+,21-,22-,23-,24-,25+/m0/s1. The minimum atomic E-state index is -1.71. The van der Waals surface area contributed by atoms with Crippen molar-refractivity contribution in [3.05, 3.63) is 29.8 Å². The van der Waals surface area contributed by atoms with Crippen molar-refractivity contribution >= 4 is 66.0 Å². The number of rotatable bonds is 23. The average Bonchev–Trinajstić information content (AvgIpc) is 3.59. The molecule has 1 saturated carbocycles. The molecule has 316 valence electrons. The molecule has 0 unspecified atom stereocenters. The number of nitrogens with two attached hydrogens (primary N) is 3. The molecule has 1 aliphatic rings. The molecule has 2 rings (SSSR count). The molecule has 7 atom stereocenters. The molecular weight excluding hydrogens is 772 g/mol. The second-order valence-corrected chi connectivity index (χ2v) is 13.4. The molecule has 1 fully saturated rings. The van der Waals surface area contributed by atoms with E-state index >= 15 is 0 Å². The number of aliphatic hydroxyl groups is 1. The van der Waals surface area contributed by atoms with Crippen LogP contribution in [0.4, 0.5) is 0 Å². The molecule has 0 aliphatic heterocycles. The Morgan fingerprint density at radius 1 is 0.860 bits per heavy atom. The number of aliphatic carboxylic acids is 1. The van der Waals surface area contributed by atoms with Crippen LogP contribution in [0.5, 0.6) is 5.75 Å². The maximum Gasteiger partial charge on any atom is 0.328 e. The third kappa shape index (κ3) is 16.9. The first-order valence-electron chi connectivity index (χ1n) is 17.9. The number of carbonyl (C=O) groups excluding carboxylic acids is 7. The van der Waals surface area contributed by atoms with Crippen LogP contribution in [0.15, 0.2) is 29.3 Å². The van der Waals surface area contributed by atoms with E-state index in [1.165, 1.54) is 31.2 Å². The summed E-state index contributed by atoms with van der Waals surface area (Å²) >= 11 is 3.93. The van der Waals surface area contributed by atoms with Crippen molar-refractivity contribution < 1.29 is 58.4 Å². The second kappa shape index (κ2) is 24.1. The number of carboxylic acids is 1. The van der Waals surface area contributed by atoms with Gasteiger partial charge in [0.15, 0.2) is 5.96 Å². The molecule has 57 heavy (non-hydrogen) atoms. The first-order chi connectivity index (χ1) is 27.0. The predicted octanol–water partition coefficient (Wildman–Crippen LogP) is -4.63. The number of thiol groups is 1. The number of aliphatic imine (C=N–C) groups is 1. The fraction of sp³-hybridized carbons (Fsp3) is 0.559. The van der Waals surface area contributed by atoms with E-state index in [0.717, 1.165) is 0 Å². The van der Waals surface area contributed by atoms with Crippen LogP contribution in [-0.4, -0.2) is 136 Å². The molecule has 0 heterocycles. The number of ether oxygens (including phenoxy) is 1. The topological polar surface area (TPSA) is 369 Å². The summed E-state index contributed by atoms with van der Waals surface area (Å²) in [7, 11) is 0. The first kappa shape index (κ1) is 47.5. The number of carbonyl (C=O) groups is 8.